The molecule has 2 aliphatic carbocycles. The Balaban J connectivity index is 1.21. The first-order valence-electron chi connectivity index (χ1n) is 9.59. The van der Waals surface area contributed by atoms with Crippen LogP contribution in [-0.4, -0.2) is 42.1 Å². The molecule has 2 saturated heterocycles. The minimum atomic E-state index is -4.34. The van der Waals surface area contributed by atoms with Crippen LogP contribution in [0.25, 0.3) is 0 Å². The van der Waals surface area contributed by atoms with Crippen LogP contribution in [0.1, 0.15) is 35.4 Å². The fourth-order valence-corrected chi connectivity index (χ4v) is 5.52. The van der Waals surface area contributed by atoms with E-state index in [1.807, 2.05) is 4.90 Å². The number of fused-ring (bicyclic) bond motifs is 1. The number of amides is 2. The summed E-state index contributed by atoms with van der Waals surface area (Å²) in [6, 6.07) is 4.40. The number of nitrogens with one attached hydrogen (secondary N) is 1. The van der Waals surface area contributed by atoms with E-state index in [1.165, 1.54) is 6.07 Å². The number of alkyl halides is 3. The summed E-state index contributed by atoms with van der Waals surface area (Å²) < 4.78 is 44.4. The minimum absolute atomic E-state index is 0.0958. The molecule has 150 valence electrons. The Bertz CT molecular complexity index is 851. The monoisotopic (exact) mass is 394 g/mol. The Labute approximate surface area is 160 Å². The van der Waals surface area contributed by atoms with Crippen molar-refractivity contribution in [2.45, 2.75) is 37.4 Å². The summed E-state index contributed by atoms with van der Waals surface area (Å²) in [4.78, 5) is 25.8. The van der Waals surface area contributed by atoms with Gasteiger partial charge >= 0.3 is 12.3 Å². The highest BCUT2D eigenvalue weighted by Gasteiger charge is 2.60. The lowest BCUT2D eigenvalue weighted by Crippen LogP contribution is -2.58. The van der Waals surface area contributed by atoms with E-state index in [1.54, 1.807) is 13.0 Å². The van der Waals surface area contributed by atoms with Crippen molar-refractivity contribution >= 4 is 12.0 Å². The summed E-state index contributed by atoms with van der Waals surface area (Å²) in [5.74, 6) is 0.595. The van der Waals surface area contributed by atoms with Crippen molar-refractivity contribution in [3.05, 3.63) is 34.9 Å². The number of halogens is 3. The van der Waals surface area contributed by atoms with Crippen molar-refractivity contribution in [3.63, 3.8) is 0 Å². The zero-order valence-electron chi connectivity index (χ0n) is 15.4. The molecule has 1 aromatic carbocycles. The number of likely N-dealkylation sites (tertiary alicyclic amines) is 1. The van der Waals surface area contributed by atoms with Crippen LogP contribution in [-0.2, 0) is 15.7 Å². The lowest BCUT2D eigenvalue weighted by atomic mass is 9.68. The second kappa shape index (κ2) is 5.64. The number of hydrogen-bond acceptors (Lipinski definition) is 3. The molecule has 5 nitrogen and oxygen atoms in total. The van der Waals surface area contributed by atoms with E-state index in [-0.39, 0.29) is 35.1 Å². The number of piperidine rings is 1. The third-order valence-corrected chi connectivity index (χ3v) is 7.02. The van der Waals surface area contributed by atoms with Crippen LogP contribution in [0.4, 0.5) is 18.0 Å². The number of cyclic esters (lactones) is 1. The highest BCUT2D eigenvalue weighted by molar-refractivity contribution is 5.82. The Kier molecular flexibility index (Phi) is 3.59. The summed E-state index contributed by atoms with van der Waals surface area (Å²) >= 11 is 0. The summed E-state index contributed by atoms with van der Waals surface area (Å²) in [6.45, 7) is 3.07. The van der Waals surface area contributed by atoms with Crippen molar-refractivity contribution < 1.29 is 27.5 Å². The lowest BCUT2D eigenvalue weighted by Gasteiger charge is -2.43. The molecular formula is C20H21F3N2O3. The third kappa shape index (κ3) is 2.60. The zero-order chi connectivity index (χ0) is 19.8. The van der Waals surface area contributed by atoms with Crippen LogP contribution in [0.15, 0.2) is 18.2 Å². The molecule has 0 aromatic heterocycles. The van der Waals surface area contributed by atoms with Gasteiger partial charge in [-0.1, -0.05) is 12.1 Å². The van der Waals surface area contributed by atoms with Gasteiger partial charge in [0.2, 0.25) is 5.91 Å². The number of nitrogens with zero attached hydrogens (tertiary/aromatic N) is 1. The van der Waals surface area contributed by atoms with Crippen LogP contribution in [0, 0.1) is 24.7 Å². The van der Waals surface area contributed by atoms with Crippen molar-refractivity contribution in [1.82, 2.24) is 10.2 Å². The molecule has 0 bridgehead atoms. The highest BCUT2D eigenvalue weighted by Crippen LogP contribution is 2.60. The van der Waals surface area contributed by atoms with Crippen molar-refractivity contribution in [2.24, 2.45) is 17.8 Å². The molecule has 3 atom stereocenters. The molecule has 8 heteroatoms. The molecule has 2 amide bonds. The van der Waals surface area contributed by atoms with E-state index in [2.05, 4.69) is 5.32 Å². The van der Waals surface area contributed by atoms with Gasteiger partial charge in [0, 0.05) is 19.0 Å². The fourth-order valence-electron chi connectivity index (χ4n) is 5.52. The van der Waals surface area contributed by atoms with Crippen LogP contribution in [0.5, 0.6) is 0 Å². The first-order valence-corrected chi connectivity index (χ1v) is 9.59. The lowest BCUT2D eigenvalue weighted by molar-refractivity contribution is -0.140. The summed E-state index contributed by atoms with van der Waals surface area (Å²) in [5.41, 5.74) is 0.136. The normalized spacial score (nSPS) is 36.0. The smallest absolute Gasteiger partial charge is 0.416 e. The van der Waals surface area contributed by atoms with Crippen LogP contribution in [0.3, 0.4) is 0 Å². The number of alkyl carbamates (subject to hydrolysis) is 1. The largest absolute Gasteiger partial charge is 0.447 e. The van der Waals surface area contributed by atoms with E-state index < -0.39 is 17.8 Å². The first-order chi connectivity index (χ1) is 13.2. The maximum Gasteiger partial charge on any atom is 0.416 e. The Morgan fingerprint density at radius 2 is 1.93 bits per heavy atom. The summed E-state index contributed by atoms with van der Waals surface area (Å²) in [5, 5.41) is 2.79. The van der Waals surface area contributed by atoms with Gasteiger partial charge in [-0.15, -0.1) is 0 Å². The summed E-state index contributed by atoms with van der Waals surface area (Å²) in [6.07, 6.45) is -3.57. The second-order valence-corrected chi connectivity index (χ2v) is 8.70. The summed E-state index contributed by atoms with van der Waals surface area (Å²) in [7, 11) is 0. The number of ether oxygens (including phenoxy) is 1. The topological polar surface area (TPSA) is 58.6 Å². The van der Waals surface area contributed by atoms with Crippen LogP contribution in [0.2, 0.25) is 0 Å². The van der Waals surface area contributed by atoms with Crippen LogP contribution < -0.4 is 5.32 Å². The van der Waals surface area contributed by atoms with Gasteiger partial charge in [-0.25, -0.2) is 4.79 Å². The number of rotatable bonds is 2. The Morgan fingerprint density at radius 3 is 2.50 bits per heavy atom. The average Bonchev–Trinajstić information content (AvgIpc) is 2.94. The Morgan fingerprint density at radius 1 is 1.25 bits per heavy atom. The van der Waals surface area contributed by atoms with Gasteiger partial charge in [-0.2, -0.15) is 13.2 Å². The number of carbonyl (C=O) groups is 2. The van der Waals surface area contributed by atoms with Gasteiger partial charge in [-0.3, -0.25) is 4.79 Å². The number of hydrogen-bond donors (Lipinski definition) is 1. The van der Waals surface area contributed by atoms with Gasteiger partial charge in [0.1, 0.15) is 6.61 Å². The predicted octanol–water partition coefficient (Wildman–Crippen LogP) is 3.07. The molecule has 4 aliphatic rings. The predicted molar refractivity (Wildman–Crippen MR) is 92.4 cm³/mol. The highest BCUT2D eigenvalue weighted by atomic mass is 19.4. The van der Waals surface area contributed by atoms with Crippen molar-refractivity contribution in [1.29, 1.82) is 0 Å². The second-order valence-electron chi connectivity index (χ2n) is 8.70. The van der Waals surface area contributed by atoms with Crippen molar-refractivity contribution in [2.75, 3.05) is 19.7 Å². The van der Waals surface area contributed by atoms with Crippen molar-refractivity contribution in [3.8, 4) is 0 Å². The fraction of sp³-hybridized carbons (Fsp3) is 0.600. The van der Waals surface area contributed by atoms with E-state index in [9.17, 15) is 22.8 Å². The number of carbonyl (C=O) groups excluding carboxylic acids is 2. The van der Waals surface area contributed by atoms with E-state index in [4.69, 9.17) is 4.74 Å². The molecule has 28 heavy (non-hydrogen) atoms. The molecule has 4 fully saturated rings. The Hall–Kier alpha value is -2.25. The van der Waals surface area contributed by atoms with Gasteiger partial charge in [0.15, 0.2) is 0 Å². The minimum Gasteiger partial charge on any atom is -0.447 e. The zero-order valence-corrected chi connectivity index (χ0v) is 15.4. The van der Waals surface area contributed by atoms with E-state index in [0.29, 0.717) is 38.1 Å². The standard InChI is InChI=1S/C20H21F3N2O3/c1-10-12(3-2-4-15(10)20(21,22)23)16-13-7-25(8-14(13)16)17(26)11-5-19(6-11)9-28-18(27)24-19/h2-4,11,13-14,16H,5-9H2,1H3,(H,24,27)/t11-,13-,14+,16+,19+. The molecule has 1 N–H and O–H groups in total. The van der Waals surface area contributed by atoms with Gasteiger partial charge in [0.25, 0.3) is 0 Å². The van der Waals surface area contributed by atoms with Crippen LogP contribution >= 0.6 is 0 Å². The number of benzene rings is 1. The third-order valence-electron chi connectivity index (χ3n) is 7.02. The molecule has 2 saturated carbocycles. The maximum absolute atomic E-state index is 13.2. The molecule has 2 heterocycles. The molecule has 1 spiro atoms. The van der Waals surface area contributed by atoms with E-state index in [0.717, 1.165) is 11.6 Å². The molecule has 0 radical (unpaired) electrons. The molecule has 2 aliphatic heterocycles. The van der Waals surface area contributed by atoms with Gasteiger partial charge in [0.05, 0.1) is 11.1 Å². The molecule has 1 aromatic rings. The molecule has 0 unspecified atom stereocenters. The molecule has 5 rings (SSSR count). The van der Waals surface area contributed by atoms with Gasteiger partial charge in [-0.05, 0) is 54.7 Å². The van der Waals surface area contributed by atoms with E-state index >= 15 is 0 Å². The van der Waals surface area contributed by atoms with Gasteiger partial charge < -0.3 is 15.0 Å². The SMILES string of the molecule is Cc1c([C@H]2[C@@H]3CN(C(=O)[C@H]4C[C@]5(COC(=O)N5)C4)C[C@@H]32)cccc1C(F)(F)F. The maximum atomic E-state index is 13.2. The molecular weight excluding hydrogens is 373 g/mol. The first kappa shape index (κ1) is 17.8. The quantitative estimate of drug-likeness (QED) is 0.839. The average molecular weight is 394 g/mol.